The van der Waals surface area contributed by atoms with Gasteiger partial charge in [0.1, 0.15) is 5.75 Å². The fourth-order valence-electron chi connectivity index (χ4n) is 3.57. The van der Waals surface area contributed by atoms with Gasteiger partial charge in [0.25, 0.3) is 0 Å². The van der Waals surface area contributed by atoms with Crippen molar-refractivity contribution in [3.63, 3.8) is 0 Å². The Bertz CT molecular complexity index is 838. The van der Waals surface area contributed by atoms with Crippen LogP contribution in [0.15, 0.2) is 78.9 Å². The first kappa shape index (κ1) is 16.7. The molecule has 0 saturated carbocycles. The Kier molecular flexibility index (Phi) is 4.89. The third-order valence-electron chi connectivity index (χ3n) is 5.06. The summed E-state index contributed by atoms with van der Waals surface area (Å²) < 4.78 is 0. The lowest BCUT2D eigenvalue weighted by Crippen LogP contribution is -2.45. The van der Waals surface area contributed by atoms with Gasteiger partial charge < -0.3 is 10.0 Å². The maximum atomic E-state index is 10.0. The number of hydrogen-bond donors (Lipinski definition) is 1. The zero-order valence-corrected chi connectivity index (χ0v) is 14.9. The molecule has 3 aromatic carbocycles. The van der Waals surface area contributed by atoms with Gasteiger partial charge in [-0.05, 0) is 28.8 Å². The summed E-state index contributed by atoms with van der Waals surface area (Å²) >= 11 is 0. The number of benzene rings is 3. The first-order chi connectivity index (χ1) is 12.8. The minimum absolute atomic E-state index is 0.373. The Morgan fingerprint density at radius 1 is 0.654 bits per heavy atom. The van der Waals surface area contributed by atoms with Gasteiger partial charge in [-0.3, -0.25) is 4.90 Å². The van der Waals surface area contributed by atoms with E-state index < -0.39 is 0 Å². The van der Waals surface area contributed by atoms with Crippen molar-refractivity contribution in [3.8, 4) is 16.9 Å². The van der Waals surface area contributed by atoms with E-state index in [0.717, 1.165) is 38.4 Å². The van der Waals surface area contributed by atoms with Crippen LogP contribution in [0.25, 0.3) is 11.1 Å². The van der Waals surface area contributed by atoms with E-state index in [4.69, 9.17) is 0 Å². The van der Waals surface area contributed by atoms with Gasteiger partial charge in [0, 0.05) is 32.7 Å². The number of aromatic hydroxyl groups is 1. The second-order valence-corrected chi connectivity index (χ2v) is 6.81. The summed E-state index contributed by atoms with van der Waals surface area (Å²) in [5.41, 5.74) is 4.81. The second-order valence-electron chi connectivity index (χ2n) is 6.81. The summed E-state index contributed by atoms with van der Waals surface area (Å²) in [6.45, 7) is 4.88. The van der Waals surface area contributed by atoms with E-state index in [1.807, 2.05) is 24.3 Å². The SMILES string of the molecule is Oc1ccccc1N1CCN(Cc2ccc(-c3ccccc3)cc2)CC1. The standard InChI is InChI=1S/C23H24N2O/c26-23-9-5-4-8-22(23)25-16-14-24(15-17-25)18-19-10-12-21(13-11-19)20-6-2-1-3-7-20/h1-13,26H,14-18H2. The molecule has 1 N–H and O–H groups in total. The molecule has 3 nitrogen and oxygen atoms in total. The van der Waals surface area contributed by atoms with E-state index in [0.29, 0.717) is 5.75 Å². The molecule has 0 bridgehead atoms. The van der Waals surface area contributed by atoms with Gasteiger partial charge in [-0.1, -0.05) is 66.7 Å². The summed E-state index contributed by atoms with van der Waals surface area (Å²) in [5, 5.41) is 10.0. The lowest BCUT2D eigenvalue weighted by molar-refractivity contribution is 0.249. The lowest BCUT2D eigenvalue weighted by Gasteiger charge is -2.36. The van der Waals surface area contributed by atoms with Crippen molar-refractivity contribution in [3.05, 3.63) is 84.4 Å². The van der Waals surface area contributed by atoms with Gasteiger partial charge in [-0.15, -0.1) is 0 Å². The smallest absolute Gasteiger partial charge is 0.138 e. The fraction of sp³-hybridized carbons (Fsp3) is 0.217. The number of piperazine rings is 1. The highest BCUT2D eigenvalue weighted by atomic mass is 16.3. The van der Waals surface area contributed by atoms with Crippen LogP contribution in [-0.4, -0.2) is 36.2 Å². The molecule has 0 atom stereocenters. The molecule has 0 radical (unpaired) electrons. The Labute approximate surface area is 155 Å². The second kappa shape index (κ2) is 7.63. The maximum absolute atomic E-state index is 10.0. The van der Waals surface area contributed by atoms with Gasteiger partial charge in [-0.25, -0.2) is 0 Å². The van der Waals surface area contributed by atoms with Crippen molar-refractivity contribution in [1.29, 1.82) is 0 Å². The summed E-state index contributed by atoms with van der Waals surface area (Å²) in [4.78, 5) is 4.75. The van der Waals surface area contributed by atoms with Crippen LogP contribution in [0.1, 0.15) is 5.56 Å². The van der Waals surface area contributed by atoms with E-state index in [1.54, 1.807) is 6.07 Å². The molecule has 1 saturated heterocycles. The van der Waals surface area contributed by atoms with Crippen molar-refractivity contribution in [2.75, 3.05) is 31.1 Å². The van der Waals surface area contributed by atoms with Crippen molar-refractivity contribution in [2.45, 2.75) is 6.54 Å². The zero-order chi connectivity index (χ0) is 17.8. The van der Waals surface area contributed by atoms with Gasteiger partial charge in [0.05, 0.1) is 5.69 Å². The molecule has 4 rings (SSSR count). The van der Waals surface area contributed by atoms with Crippen LogP contribution >= 0.6 is 0 Å². The van der Waals surface area contributed by atoms with Gasteiger partial charge in [-0.2, -0.15) is 0 Å². The fourth-order valence-corrected chi connectivity index (χ4v) is 3.57. The summed E-state index contributed by atoms with van der Waals surface area (Å²) in [5.74, 6) is 0.373. The highest BCUT2D eigenvalue weighted by Crippen LogP contribution is 2.27. The van der Waals surface area contributed by atoms with Crippen LogP contribution in [0.5, 0.6) is 5.75 Å². The molecular weight excluding hydrogens is 320 g/mol. The predicted octanol–water partition coefficient (Wildman–Crippen LogP) is 4.38. The molecule has 3 aromatic rings. The van der Waals surface area contributed by atoms with E-state index in [1.165, 1.54) is 16.7 Å². The van der Waals surface area contributed by atoms with Crippen molar-refractivity contribution < 1.29 is 5.11 Å². The minimum atomic E-state index is 0.373. The highest BCUT2D eigenvalue weighted by Gasteiger charge is 2.19. The highest BCUT2D eigenvalue weighted by molar-refractivity contribution is 5.63. The van der Waals surface area contributed by atoms with Crippen LogP contribution in [0.3, 0.4) is 0 Å². The molecule has 1 aliphatic rings. The first-order valence-corrected chi connectivity index (χ1v) is 9.19. The average Bonchev–Trinajstić information content (AvgIpc) is 2.70. The third-order valence-corrected chi connectivity index (χ3v) is 5.06. The largest absolute Gasteiger partial charge is 0.506 e. The molecule has 0 unspecified atom stereocenters. The number of nitrogens with zero attached hydrogens (tertiary/aromatic N) is 2. The maximum Gasteiger partial charge on any atom is 0.138 e. The van der Waals surface area contributed by atoms with Crippen LogP contribution < -0.4 is 4.90 Å². The number of phenolic OH excluding ortho intramolecular Hbond substituents is 1. The molecule has 0 aromatic heterocycles. The normalized spacial score (nSPS) is 15.2. The van der Waals surface area contributed by atoms with Gasteiger partial charge in [0.2, 0.25) is 0 Å². The molecule has 0 spiro atoms. The Hall–Kier alpha value is -2.78. The number of hydrogen-bond acceptors (Lipinski definition) is 3. The molecule has 3 heteroatoms. The third kappa shape index (κ3) is 3.73. The van der Waals surface area contributed by atoms with Gasteiger partial charge >= 0.3 is 0 Å². The van der Waals surface area contributed by atoms with Gasteiger partial charge in [0.15, 0.2) is 0 Å². The van der Waals surface area contributed by atoms with E-state index in [2.05, 4.69) is 58.3 Å². The summed E-state index contributed by atoms with van der Waals surface area (Å²) in [7, 11) is 0. The van der Waals surface area contributed by atoms with Crippen LogP contribution in [-0.2, 0) is 6.54 Å². The first-order valence-electron chi connectivity index (χ1n) is 9.19. The Balaban J connectivity index is 1.35. The predicted molar refractivity (Wildman–Crippen MR) is 107 cm³/mol. The molecule has 132 valence electrons. The van der Waals surface area contributed by atoms with E-state index in [-0.39, 0.29) is 0 Å². The summed E-state index contributed by atoms with van der Waals surface area (Å²) in [6.07, 6.45) is 0. The van der Waals surface area contributed by atoms with E-state index in [9.17, 15) is 5.11 Å². The molecule has 1 aliphatic heterocycles. The molecule has 26 heavy (non-hydrogen) atoms. The number of phenols is 1. The van der Waals surface area contributed by atoms with Crippen molar-refractivity contribution in [2.24, 2.45) is 0 Å². The van der Waals surface area contributed by atoms with Crippen LogP contribution in [0.2, 0.25) is 0 Å². The van der Waals surface area contributed by atoms with Crippen molar-refractivity contribution in [1.82, 2.24) is 4.90 Å². The van der Waals surface area contributed by atoms with Crippen LogP contribution in [0, 0.1) is 0 Å². The molecular formula is C23H24N2O. The zero-order valence-electron chi connectivity index (χ0n) is 14.9. The van der Waals surface area contributed by atoms with E-state index >= 15 is 0 Å². The minimum Gasteiger partial charge on any atom is -0.506 e. The molecule has 0 aliphatic carbocycles. The number of anilines is 1. The van der Waals surface area contributed by atoms with Crippen molar-refractivity contribution >= 4 is 5.69 Å². The van der Waals surface area contributed by atoms with Crippen LogP contribution in [0.4, 0.5) is 5.69 Å². The topological polar surface area (TPSA) is 26.7 Å². The monoisotopic (exact) mass is 344 g/mol. The number of rotatable bonds is 4. The Morgan fingerprint density at radius 2 is 1.27 bits per heavy atom. The molecule has 1 heterocycles. The Morgan fingerprint density at radius 3 is 1.96 bits per heavy atom. The summed E-state index contributed by atoms with van der Waals surface area (Å²) in [6, 6.07) is 27.0. The molecule has 0 amide bonds. The average molecular weight is 344 g/mol. The lowest BCUT2D eigenvalue weighted by atomic mass is 10.0. The number of para-hydroxylation sites is 2. The molecule has 1 fully saturated rings. The quantitative estimate of drug-likeness (QED) is 0.761.